The van der Waals surface area contributed by atoms with Gasteiger partial charge >= 0.3 is 0 Å². The second-order valence-electron chi connectivity index (χ2n) is 4.58. The van der Waals surface area contributed by atoms with Crippen LogP contribution in [0.2, 0.25) is 0 Å². The van der Waals surface area contributed by atoms with E-state index >= 15 is 0 Å². The van der Waals surface area contributed by atoms with E-state index in [1.54, 1.807) is 19.1 Å². The van der Waals surface area contributed by atoms with Crippen molar-refractivity contribution in [1.29, 1.82) is 0 Å². The Morgan fingerprint density at radius 2 is 1.93 bits per heavy atom. The summed E-state index contributed by atoms with van der Waals surface area (Å²) in [7, 11) is 0. The summed E-state index contributed by atoms with van der Waals surface area (Å²) in [4.78, 5) is 0.631. The highest BCUT2D eigenvalue weighted by Gasteiger charge is 2.15. The van der Waals surface area contributed by atoms with Gasteiger partial charge in [-0.05, 0) is 24.6 Å². The van der Waals surface area contributed by atoms with Crippen LogP contribution in [0, 0.1) is 5.82 Å². The molecule has 0 bridgehead atoms. The third-order valence-corrected chi connectivity index (χ3v) is 3.02. The molecular weight excluding hydrogens is 211 g/mol. The van der Waals surface area contributed by atoms with E-state index in [0.717, 1.165) is 0 Å². The number of rotatable bonds is 2. The van der Waals surface area contributed by atoms with Crippen molar-refractivity contribution >= 4 is 11.8 Å². The lowest BCUT2D eigenvalue weighted by molar-refractivity contribution is 0.198. The zero-order valence-electron chi connectivity index (χ0n) is 9.54. The molecule has 0 aromatic heterocycles. The lowest BCUT2D eigenvalue weighted by atomic mass is 10.1. The van der Waals surface area contributed by atoms with Crippen molar-refractivity contribution in [3.05, 3.63) is 29.6 Å². The third kappa shape index (κ3) is 3.84. The van der Waals surface area contributed by atoms with Crippen molar-refractivity contribution in [3.8, 4) is 0 Å². The van der Waals surface area contributed by atoms with Crippen LogP contribution in [0.1, 0.15) is 39.4 Å². The Hall–Kier alpha value is -0.540. The number of hydrogen-bond donors (Lipinski definition) is 1. The maximum absolute atomic E-state index is 13.6. The van der Waals surface area contributed by atoms with E-state index in [0.29, 0.717) is 10.5 Å². The van der Waals surface area contributed by atoms with Crippen LogP contribution in [0.15, 0.2) is 23.1 Å². The number of benzene rings is 1. The Labute approximate surface area is 94.7 Å². The van der Waals surface area contributed by atoms with Crippen molar-refractivity contribution < 1.29 is 9.50 Å². The number of halogens is 1. The van der Waals surface area contributed by atoms with E-state index < -0.39 is 6.10 Å². The summed E-state index contributed by atoms with van der Waals surface area (Å²) in [5.41, 5.74) is 0.616. The highest BCUT2D eigenvalue weighted by atomic mass is 32.2. The van der Waals surface area contributed by atoms with Crippen molar-refractivity contribution in [2.75, 3.05) is 0 Å². The minimum Gasteiger partial charge on any atom is -0.389 e. The Morgan fingerprint density at radius 1 is 1.33 bits per heavy atom. The maximum atomic E-state index is 13.6. The van der Waals surface area contributed by atoms with Gasteiger partial charge in [0, 0.05) is 9.64 Å². The fourth-order valence-corrected chi connectivity index (χ4v) is 2.14. The second kappa shape index (κ2) is 4.54. The van der Waals surface area contributed by atoms with Crippen LogP contribution < -0.4 is 0 Å². The molecule has 0 saturated heterocycles. The quantitative estimate of drug-likeness (QED) is 0.777. The summed E-state index contributed by atoms with van der Waals surface area (Å²) in [5.74, 6) is -0.256. The molecule has 0 aliphatic carbocycles. The highest BCUT2D eigenvalue weighted by molar-refractivity contribution is 8.00. The summed E-state index contributed by atoms with van der Waals surface area (Å²) in [5, 5.41) is 9.30. The summed E-state index contributed by atoms with van der Waals surface area (Å²) in [6, 6.07) is 4.90. The summed E-state index contributed by atoms with van der Waals surface area (Å²) >= 11 is 1.49. The van der Waals surface area contributed by atoms with E-state index in [4.69, 9.17) is 0 Å². The fourth-order valence-electron chi connectivity index (χ4n) is 1.19. The molecule has 0 saturated carbocycles. The molecule has 0 heterocycles. The molecule has 1 aromatic rings. The van der Waals surface area contributed by atoms with Crippen LogP contribution >= 0.6 is 11.8 Å². The first-order valence-corrected chi connectivity index (χ1v) is 5.78. The van der Waals surface area contributed by atoms with Crippen LogP contribution in [-0.4, -0.2) is 9.85 Å². The van der Waals surface area contributed by atoms with Gasteiger partial charge in [0.05, 0.1) is 6.10 Å². The van der Waals surface area contributed by atoms with E-state index in [-0.39, 0.29) is 10.6 Å². The SMILES string of the molecule is CC(O)c1ccc(SC(C)(C)C)c(F)c1. The van der Waals surface area contributed by atoms with Gasteiger partial charge in [-0.2, -0.15) is 0 Å². The molecule has 0 amide bonds. The number of hydrogen-bond acceptors (Lipinski definition) is 2. The molecular formula is C12H17FOS. The molecule has 0 aliphatic rings. The van der Waals surface area contributed by atoms with Gasteiger partial charge in [0.1, 0.15) is 5.82 Å². The first kappa shape index (κ1) is 12.5. The standard InChI is InChI=1S/C12H17FOS/c1-8(14)9-5-6-11(10(13)7-9)15-12(2,3)4/h5-8,14H,1-4H3. The summed E-state index contributed by atoms with van der Waals surface area (Å²) in [6.45, 7) is 7.75. The average Bonchev–Trinajstić information content (AvgIpc) is 2.05. The van der Waals surface area contributed by atoms with Gasteiger partial charge < -0.3 is 5.11 Å². The van der Waals surface area contributed by atoms with Crippen LogP contribution in [0.4, 0.5) is 4.39 Å². The molecule has 0 fully saturated rings. The molecule has 3 heteroatoms. The van der Waals surface area contributed by atoms with Gasteiger partial charge in [0.2, 0.25) is 0 Å². The van der Waals surface area contributed by atoms with Gasteiger partial charge in [-0.15, -0.1) is 11.8 Å². The largest absolute Gasteiger partial charge is 0.389 e. The van der Waals surface area contributed by atoms with Crippen molar-refractivity contribution in [1.82, 2.24) is 0 Å². The zero-order chi connectivity index (χ0) is 11.6. The third-order valence-electron chi connectivity index (χ3n) is 1.85. The van der Waals surface area contributed by atoms with E-state index in [1.807, 2.05) is 20.8 Å². The van der Waals surface area contributed by atoms with Gasteiger partial charge in [-0.25, -0.2) is 4.39 Å². The maximum Gasteiger partial charge on any atom is 0.137 e. The molecule has 1 aromatic carbocycles. The molecule has 1 rings (SSSR count). The first-order chi connectivity index (χ1) is 6.79. The summed E-state index contributed by atoms with van der Waals surface area (Å²) < 4.78 is 13.6. The Morgan fingerprint density at radius 3 is 2.33 bits per heavy atom. The highest BCUT2D eigenvalue weighted by Crippen LogP contribution is 2.34. The first-order valence-electron chi connectivity index (χ1n) is 4.96. The molecule has 1 unspecified atom stereocenters. The van der Waals surface area contributed by atoms with E-state index in [2.05, 4.69) is 0 Å². The predicted octanol–water partition coefficient (Wildman–Crippen LogP) is 3.77. The Bertz CT molecular complexity index is 342. The smallest absolute Gasteiger partial charge is 0.137 e. The predicted molar refractivity (Wildman–Crippen MR) is 62.6 cm³/mol. The second-order valence-corrected chi connectivity index (χ2v) is 6.45. The lowest BCUT2D eigenvalue weighted by Crippen LogP contribution is -2.07. The Kier molecular flexibility index (Phi) is 3.79. The molecule has 1 atom stereocenters. The van der Waals surface area contributed by atoms with E-state index in [1.165, 1.54) is 17.8 Å². The minimum atomic E-state index is -0.617. The molecule has 15 heavy (non-hydrogen) atoms. The molecule has 0 aliphatic heterocycles. The molecule has 0 radical (unpaired) electrons. The average molecular weight is 228 g/mol. The van der Waals surface area contributed by atoms with Crippen LogP contribution in [0.5, 0.6) is 0 Å². The normalized spacial score (nSPS) is 14.0. The van der Waals surface area contributed by atoms with Gasteiger partial charge in [-0.1, -0.05) is 26.8 Å². The van der Waals surface area contributed by atoms with Gasteiger partial charge in [-0.3, -0.25) is 0 Å². The van der Waals surface area contributed by atoms with E-state index in [9.17, 15) is 9.50 Å². The van der Waals surface area contributed by atoms with Gasteiger partial charge in [0.15, 0.2) is 0 Å². The van der Waals surface area contributed by atoms with Crippen molar-refractivity contribution in [3.63, 3.8) is 0 Å². The number of aliphatic hydroxyl groups is 1. The molecule has 1 N–H and O–H groups in total. The van der Waals surface area contributed by atoms with Crippen LogP contribution in [0.25, 0.3) is 0 Å². The number of thioether (sulfide) groups is 1. The molecule has 1 nitrogen and oxygen atoms in total. The topological polar surface area (TPSA) is 20.2 Å². The van der Waals surface area contributed by atoms with Crippen molar-refractivity contribution in [2.24, 2.45) is 0 Å². The lowest BCUT2D eigenvalue weighted by Gasteiger charge is -2.18. The molecule has 0 spiro atoms. The summed E-state index contributed by atoms with van der Waals surface area (Å²) in [6.07, 6.45) is -0.617. The fraction of sp³-hybridized carbons (Fsp3) is 0.500. The van der Waals surface area contributed by atoms with Crippen LogP contribution in [-0.2, 0) is 0 Å². The molecule has 84 valence electrons. The Balaban J connectivity index is 2.94. The van der Waals surface area contributed by atoms with Gasteiger partial charge in [0.25, 0.3) is 0 Å². The minimum absolute atomic E-state index is 0.00676. The zero-order valence-corrected chi connectivity index (χ0v) is 10.4. The monoisotopic (exact) mass is 228 g/mol. The van der Waals surface area contributed by atoms with Crippen LogP contribution in [0.3, 0.4) is 0 Å². The van der Waals surface area contributed by atoms with Crippen molar-refractivity contribution in [2.45, 2.75) is 43.4 Å². The number of aliphatic hydroxyl groups excluding tert-OH is 1.